The molecule has 0 aliphatic carbocycles. The van der Waals surface area contributed by atoms with E-state index in [9.17, 15) is 4.79 Å². The topological polar surface area (TPSA) is 97.9 Å². The van der Waals surface area contributed by atoms with E-state index >= 15 is 0 Å². The van der Waals surface area contributed by atoms with Gasteiger partial charge in [-0.05, 0) is 30.7 Å². The maximum absolute atomic E-state index is 11.4. The highest BCUT2D eigenvalue weighted by Crippen LogP contribution is 2.19. The Morgan fingerprint density at radius 3 is 2.65 bits per heavy atom. The van der Waals surface area contributed by atoms with Gasteiger partial charge in [0.1, 0.15) is 24.3 Å². The molecule has 0 saturated carbocycles. The van der Waals surface area contributed by atoms with Gasteiger partial charge in [-0.3, -0.25) is 4.79 Å². The Hall–Kier alpha value is -2.83. The van der Waals surface area contributed by atoms with Gasteiger partial charge in [0, 0.05) is 24.7 Å². The number of nitrogens with one attached hydrogen (secondary N) is 2. The summed E-state index contributed by atoms with van der Waals surface area (Å²) in [6, 6.07) is 8.77. The van der Waals surface area contributed by atoms with E-state index in [-0.39, 0.29) is 18.1 Å². The zero-order valence-corrected chi connectivity index (χ0v) is 11.2. The molecule has 1 aromatic carbocycles. The van der Waals surface area contributed by atoms with Gasteiger partial charge in [0.15, 0.2) is 0 Å². The van der Waals surface area contributed by atoms with Crippen molar-refractivity contribution in [1.29, 1.82) is 10.5 Å². The first-order chi connectivity index (χ1) is 9.60. The zero-order valence-electron chi connectivity index (χ0n) is 11.2. The molecule has 0 aliphatic rings. The number of allylic oxidation sites excluding steroid dienone is 1. The maximum atomic E-state index is 11.4. The summed E-state index contributed by atoms with van der Waals surface area (Å²) in [7, 11) is 1.45. The van der Waals surface area contributed by atoms with Crippen LogP contribution in [0.15, 0.2) is 30.0 Å². The van der Waals surface area contributed by atoms with Crippen molar-refractivity contribution < 1.29 is 9.53 Å². The number of carbonyl (C=O) groups is 1. The number of nitriles is 2. The smallest absolute Gasteiger partial charge is 0.250 e. The minimum absolute atomic E-state index is 0.00409. The summed E-state index contributed by atoms with van der Waals surface area (Å²) in [6.45, 7) is 1.84. The molecule has 0 radical (unpaired) electrons. The number of methoxy groups -OCH3 is 1. The second kappa shape index (κ2) is 7.57. The van der Waals surface area contributed by atoms with E-state index in [1.807, 2.05) is 6.92 Å². The van der Waals surface area contributed by atoms with Crippen LogP contribution in [-0.4, -0.2) is 19.6 Å². The minimum Gasteiger partial charge on any atom is -0.375 e. The number of hydrogen-bond donors (Lipinski definition) is 2. The van der Waals surface area contributed by atoms with E-state index in [1.165, 1.54) is 13.3 Å². The average molecular weight is 270 g/mol. The van der Waals surface area contributed by atoms with Crippen LogP contribution in [0.5, 0.6) is 0 Å². The first kappa shape index (κ1) is 15.2. The van der Waals surface area contributed by atoms with E-state index in [0.717, 1.165) is 11.3 Å². The molecule has 0 aromatic heterocycles. The lowest BCUT2D eigenvalue weighted by atomic mass is 10.1. The van der Waals surface area contributed by atoms with E-state index < -0.39 is 0 Å². The van der Waals surface area contributed by atoms with Gasteiger partial charge in [-0.15, -0.1) is 0 Å². The fourth-order valence-electron chi connectivity index (χ4n) is 1.46. The summed E-state index contributed by atoms with van der Waals surface area (Å²) in [6.07, 6.45) is 1.33. The molecule has 0 spiro atoms. The van der Waals surface area contributed by atoms with Crippen LogP contribution in [0.3, 0.4) is 0 Å². The number of anilines is 2. The molecule has 102 valence electrons. The summed E-state index contributed by atoms with van der Waals surface area (Å²) in [5.74, 6) is -0.229. The maximum Gasteiger partial charge on any atom is 0.250 e. The normalized spacial score (nSPS) is 9.00. The second-order valence-electron chi connectivity index (χ2n) is 3.94. The Morgan fingerprint density at radius 1 is 1.40 bits per heavy atom. The molecule has 0 saturated heterocycles. The quantitative estimate of drug-likeness (QED) is 0.796. The van der Waals surface area contributed by atoms with Gasteiger partial charge >= 0.3 is 0 Å². The molecule has 2 N–H and O–H groups in total. The lowest BCUT2D eigenvalue weighted by molar-refractivity contribution is -0.119. The Balaban J connectivity index is 2.79. The third-order valence-corrected chi connectivity index (χ3v) is 2.40. The number of hydrogen-bond acceptors (Lipinski definition) is 5. The summed E-state index contributed by atoms with van der Waals surface area (Å²) in [5, 5.41) is 22.8. The van der Waals surface area contributed by atoms with Crippen LogP contribution in [0.25, 0.3) is 0 Å². The highest BCUT2D eigenvalue weighted by molar-refractivity contribution is 5.92. The van der Waals surface area contributed by atoms with Gasteiger partial charge < -0.3 is 15.4 Å². The number of benzene rings is 1. The molecule has 0 bridgehead atoms. The van der Waals surface area contributed by atoms with Crippen molar-refractivity contribution in [3.63, 3.8) is 0 Å². The van der Waals surface area contributed by atoms with Gasteiger partial charge in [0.25, 0.3) is 0 Å². The molecule has 6 heteroatoms. The van der Waals surface area contributed by atoms with Gasteiger partial charge in [-0.1, -0.05) is 0 Å². The fraction of sp³-hybridized carbons (Fsp3) is 0.214. The Kier molecular flexibility index (Phi) is 5.76. The van der Waals surface area contributed by atoms with E-state index in [4.69, 9.17) is 15.3 Å². The van der Waals surface area contributed by atoms with Crippen LogP contribution in [0, 0.1) is 29.6 Å². The molecule has 0 heterocycles. The number of ether oxygens (including phenoxy) is 1. The van der Waals surface area contributed by atoms with Crippen molar-refractivity contribution >= 4 is 17.3 Å². The average Bonchev–Trinajstić information content (AvgIpc) is 2.43. The number of aryl methyl sites for hydroxylation is 1. The molecule has 1 aromatic rings. The van der Waals surface area contributed by atoms with Crippen molar-refractivity contribution in [2.24, 2.45) is 0 Å². The SMILES string of the molecule is COCC(=O)Nc1ccc(NC=C(C#N)C#N)cc1C. The first-order valence-electron chi connectivity index (χ1n) is 5.77. The number of amides is 1. The second-order valence-corrected chi connectivity index (χ2v) is 3.94. The minimum atomic E-state index is -0.229. The van der Waals surface area contributed by atoms with E-state index in [0.29, 0.717) is 5.69 Å². The molecular formula is C14H14N4O2. The number of carbonyl (C=O) groups excluding carboxylic acids is 1. The van der Waals surface area contributed by atoms with Crippen LogP contribution in [-0.2, 0) is 9.53 Å². The molecule has 1 amide bonds. The fourth-order valence-corrected chi connectivity index (χ4v) is 1.46. The van der Waals surface area contributed by atoms with Crippen LogP contribution in [0.2, 0.25) is 0 Å². The molecule has 0 atom stereocenters. The first-order valence-corrected chi connectivity index (χ1v) is 5.77. The molecule has 6 nitrogen and oxygen atoms in total. The number of nitrogens with zero attached hydrogens (tertiary/aromatic N) is 2. The predicted molar refractivity (Wildman–Crippen MR) is 74.6 cm³/mol. The largest absolute Gasteiger partial charge is 0.375 e. The van der Waals surface area contributed by atoms with Crippen molar-refractivity contribution in [1.82, 2.24) is 0 Å². The Bertz CT molecular complexity index is 593. The summed E-state index contributed by atoms with van der Waals surface area (Å²) >= 11 is 0. The third kappa shape index (κ3) is 4.45. The van der Waals surface area contributed by atoms with Gasteiger partial charge in [-0.2, -0.15) is 10.5 Å². The molecule has 20 heavy (non-hydrogen) atoms. The predicted octanol–water partition coefficient (Wildman–Crippen LogP) is 1.92. The Morgan fingerprint density at radius 2 is 2.10 bits per heavy atom. The van der Waals surface area contributed by atoms with Gasteiger partial charge in [-0.25, -0.2) is 0 Å². The zero-order chi connectivity index (χ0) is 15.0. The van der Waals surface area contributed by atoms with Crippen LogP contribution < -0.4 is 10.6 Å². The standard InChI is InChI=1S/C14H14N4O2/c1-10-5-12(17-8-11(6-15)7-16)3-4-13(10)18-14(19)9-20-2/h3-5,8,17H,9H2,1-2H3,(H,18,19). The Labute approximate surface area is 117 Å². The summed E-state index contributed by atoms with van der Waals surface area (Å²) < 4.78 is 4.74. The summed E-state index contributed by atoms with van der Waals surface area (Å²) in [5.41, 5.74) is 2.24. The monoisotopic (exact) mass is 270 g/mol. The van der Waals surface area contributed by atoms with Crippen molar-refractivity contribution in [3.05, 3.63) is 35.5 Å². The highest BCUT2D eigenvalue weighted by Gasteiger charge is 2.04. The third-order valence-electron chi connectivity index (χ3n) is 2.40. The molecular weight excluding hydrogens is 256 g/mol. The van der Waals surface area contributed by atoms with Crippen molar-refractivity contribution in [2.75, 3.05) is 24.4 Å². The van der Waals surface area contributed by atoms with Crippen LogP contribution >= 0.6 is 0 Å². The van der Waals surface area contributed by atoms with E-state index in [2.05, 4.69) is 10.6 Å². The van der Waals surface area contributed by atoms with Crippen LogP contribution in [0.4, 0.5) is 11.4 Å². The lowest BCUT2D eigenvalue weighted by Crippen LogP contribution is -2.17. The molecule has 0 aliphatic heterocycles. The van der Waals surface area contributed by atoms with Crippen molar-refractivity contribution in [2.45, 2.75) is 6.92 Å². The lowest BCUT2D eigenvalue weighted by Gasteiger charge is -2.10. The highest BCUT2D eigenvalue weighted by atomic mass is 16.5. The van der Waals surface area contributed by atoms with Crippen molar-refractivity contribution in [3.8, 4) is 12.1 Å². The molecule has 1 rings (SSSR count). The van der Waals surface area contributed by atoms with Gasteiger partial charge in [0.2, 0.25) is 5.91 Å². The summed E-state index contributed by atoms with van der Waals surface area (Å²) in [4.78, 5) is 11.4. The molecule has 0 unspecified atom stereocenters. The van der Waals surface area contributed by atoms with Crippen LogP contribution in [0.1, 0.15) is 5.56 Å². The van der Waals surface area contributed by atoms with E-state index in [1.54, 1.807) is 30.3 Å². The number of rotatable bonds is 5. The molecule has 0 fully saturated rings. The van der Waals surface area contributed by atoms with Gasteiger partial charge in [0.05, 0.1) is 0 Å².